The van der Waals surface area contributed by atoms with Gasteiger partial charge < -0.3 is 15.6 Å². The summed E-state index contributed by atoms with van der Waals surface area (Å²) in [6.07, 6.45) is 0. The molecule has 3 heterocycles. The van der Waals surface area contributed by atoms with E-state index in [2.05, 4.69) is 20.6 Å². The number of aryl methyl sites for hydroxylation is 1. The summed E-state index contributed by atoms with van der Waals surface area (Å²) in [5.41, 5.74) is 0.0416. The minimum absolute atomic E-state index is 0.346. The smallest absolute Gasteiger partial charge is 0.332 e. The molecule has 3 N–H and O–H groups in total. The lowest BCUT2D eigenvalue weighted by Gasteiger charge is -2.04. The van der Waals surface area contributed by atoms with Gasteiger partial charge >= 0.3 is 5.69 Å². The normalized spacial score (nSPS) is 27.8. The Morgan fingerprint density at radius 3 is 2.60 bits per heavy atom. The first-order chi connectivity index (χ1) is 9.58. The van der Waals surface area contributed by atoms with Crippen LogP contribution in [0.4, 0.5) is 5.95 Å². The van der Waals surface area contributed by atoms with Gasteiger partial charge in [-0.05, 0) is 11.8 Å². The molecule has 2 unspecified atom stereocenters. The molecule has 1 saturated carbocycles. The number of hydrogen-bond acceptors (Lipinski definition) is 5. The SMILES string of the molecule is Cn1c(=O)c2[nH]c(NC3C4CNCC43)nc2n(C)c1=O. The number of aromatic nitrogens is 4. The second-order valence-corrected chi connectivity index (χ2v) is 5.65. The first-order valence-corrected chi connectivity index (χ1v) is 6.71. The van der Waals surface area contributed by atoms with E-state index in [1.54, 1.807) is 7.05 Å². The molecular formula is C12H16N6O2. The zero-order valence-electron chi connectivity index (χ0n) is 11.3. The molecule has 2 atom stereocenters. The fourth-order valence-electron chi connectivity index (χ4n) is 3.18. The molecule has 1 aliphatic heterocycles. The predicted octanol–water partition coefficient (Wildman–Crippen LogP) is -1.41. The minimum Gasteiger partial charge on any atom is -0.352 e. The fourth-order valence-corrected chi connectivity index (χ4v) is 3.18. The Balaban J connectivity index is 1.76. The van der Waals surface area contributed by atoms with Crippen LogP contribution < -0.4 is 21.9 Å². The Morgan fingerprint density at radius 2 is 1.90 bits per heavy atom. The highest BCUT2D eigenvalue weighted by atomic mass is 16.2. The number of H-pyrrole nitrogens is 1. The molecule has 106 valence electrons. The lowest BCUT2D eigenvalue weighted by atomic mass is 10.4. The number of rotatable bonds is 2. The molecule has 2 aromatic heterocycles. The summed E-state index contributed by atoms with van der Waals surface area (Å²) < 4.78 is 2.47. The molecule has 2 aliphatic rings. The van der Waals surface area contributed by atoms with Crippen molar-refractivity contribution in [2.75, 3.05) is 18.4 Å². The number of nitrogens with one attached hydrogen (secondary N) is 3. The Hall–Kier alpha value is -2.09. The molecule has 1 saturated heterocycles. The quantitative estimate of drug-likeness (QED) is 0.626. The van der Waals surface area contributed by atoms with Gasteiger partial charge in [-0.1, -0.05) is 0 Å². The minimum atomic E-state index is -0.368. The average Bonchev–Trinajstić information content (AvgIpc) is 2.87. The lowest BCUT2D eigenvalue weighted by molar-refractivity contribution is 0.694. The maximum Gasteiger partial charge on any atom is 0.332 e. The molecule has 2 aromatic rings. The van der Waals surface area contributed by atoms with Gasteiger partial charge in [0.05, 0.1) is 0 Å². The van der Waals surface area contributed by atoms with Crippen LogP contribution >= 0.6 is 0 Å². The fraction of sp³-hybridized carbons (Fsp3) is 0.583. The van der Waals surface area contributed by atoms with Crippen molar-refractivity contribution >= 4 is 17.1 Å². The van der Waals surface area contributed by atoms with Crippen molar-refractivity contribution < 1.29 is 0 Å². The van der Waals surface area contributed by atoms with E-state index in [1.165, 1.54) is 11.6 Å². The highest BCUT2D eigenvalue weighted by Gasteiger charge is 2.53. The third-order valence-electron chi connectivity index (χ3n) is 4.49. The van der Waals surface area contributed by atoms with Crippen molar-refractivity contribution in [3.05, 3.63) is 20.8 Å². The van der Waals surface area contributed by atoms with E-state index < -0.39 is 0 Å². The standard InChI is InChI=1S/C12H16N6O2/c1-17-9-8(10(19)18(2)12(17)20)15-11(16-9)14-7-5-3-13-4-6(5)7/h5-7,13H,3-4H2,1-2H3,(H2,14,15,16). The van der Waals surface area contributed by atoms with Crippen LogP contribution in [-0.4, -0.2) is 38.2 Å². The summed E-state index contributed by atoms with van der Waals surface area (Å²) in [5, 5.41) is 6.66. The van der Waals surface area contributed by atoms with Crippen LogP contribution in [0.15, 0.2) is 9.59 Å². The van der Waals surface area contributed by atoms with E-state index in [4.69, 9.17) is 0 Å². The second-order valence-electron chi connectivity index (χ2n) is 5.65. The van der Waals surface area contributed by atoms with Crippen molar-refractivity contribution in [1.82, 2.24) is 24.4 Å². The maximum atomic E-state index is 12.1. The summed E-state index contributed by atoms with van der Waals surface area (Å²) in [5.74, 6) is 1.86. The second kappa shape index (κ2) is 3.72. The van der Waals surface area contributed by atoms with Crippen molar-refractivity contribution in [3.8, 4) is 0 Å². The molecule has 8 nitrogen and oxygen atoms in total. The largest absolute Gasteiger partial charge is 0.352 e. The zero-order chi connectivity index (χ0) is 14.0. The first kappa shape index (κ1) is 11.7. The summed E-state index contributed by atoms with van der Waals surface area (Å²) >= 11 is 0. The Labute approximate surface area is 113 Å². The molecule has 20 heavy (non-hydrogen) atoms. The summed E-state index contributed by atoms with van der Waals surface area (Å²) in [7, 11) is 3.08. The third kappa shape index (κ3) is 1.42. The number of aromatic amines is 1. The third-order valence-corrected chi connectivity index (χ3v) is 4.49. The van der Waals surface area contributed by atoms with Crippen LogP contribution in [0.1, 0.15) is 0 Å². The maximum absolute atomic E-state index is 12.1. The van der Waals surface area contributed by atoms with Gasteiger partial charge in [-0.3, -0.25) is 13.9 Å². The highest BCUT2D eigenvalue weighted by molar-refractivity contribution is 5.72. The molecule has 4 rings (SSSR count). The van der Waals surface area contributed by atoms with Gasteiger partial charge in [0, 0.05) is 33.2 Å². The van der Waals surface area contributed by atoms with Crippen molar-refractivity contribution in [2.24, 2.45) is 25.9 Å². The van der Waals surface area contributed by atoms with Gasteiger partial charge in [0.15, 0.2) is 11.2 Å². The van der Waals surface area contributed by atoms with Crippen LogP contribution in [0.5, 0.6) is 0 Å². The van der Waals surface area contributed by atoms with E-state index >= 15 is 0 Å². The number of anilines is 1. The van der Waals surface area contributed by atoms with E-state index in [9.17, 15) is 9.59 Å². The predicted molar refractivity (Wildman–Crippen MR) is 73.8 cm³/mol. The van der Waals surface area contributed by atoms with Gasteiger partial charge in [-0.2, -0.15) is 4.98 Å². The molecule has 0 radical (unpaired) electrons. The molecular weight excluding hydrogens is 260 g/mol. The molecule has 2 fully saturated rings. The van der Waals surface area contributed by atoms with Crippen LogP contribution in [0.25, 0.3) is 11.2 Å². The zero-order valence-corrected chi connectivity index (χ0v) is 11.3. The molecule has 8 heteroatoms. The Kier molecular flexibility index (Phi) is 2.18. The summed E-state index contributed by atoms with van der Waals surface area (Å²) in [4.78, 5) is 31.2. The van der Waals surface area contributed by atoms with Crippen molar-refractivity contribution in [2.45, 2.75) is 6.04 Å². The van der Waals surface area contributed by atoms with Gasteiger partial charge in [-0.25, -0.2) is 4.79 Å². The summed E-state index contributed by atoms with van der Waals surface area (Å²) in [6.45, 7) is 2.06. The van der Waals surface area contributed by atoms with E-state index in [0.29, 0.717) is 35.0 Å². The Morgan fingerprint density at radius 1 is 1.20 bits per heavy atom. The number of piperidine rings is 1. The highest BCUT2D eigenvalue weighted by Crippen LogP contribution is 2.43. The molecule has 0 aromatic carbocycles. The first-order valence-electron chi connectivity index (χ1n) is 6.71. The molecule has 0 spiro atoms. The van der Waals surface area contributed by atoms with Crippen LogP contribution in [0, 0.1) is 11.8 Å². The summed E-state index contributed by atoms with van der Waals surface area (Å²) in [6, 6.07) is 0.415. The molecule has 1 aliphatic carbocycles. The van der Waals surface area contributed by atoms with Gasteiger partial charge in [0.25, 0.3) is 5.56 Å². The average molecular weight is 276 g/mol. The van der Waals surface area contributed by atoms with Crippen molar-refractivity contribution in [1.29, 1.82) is 0 Å². The van der Waals surface area contributed by atoms with Gasteiger partial charge in [0.1, 0.15) is 0 Å². The monoisotopic (exact) mass is 276 g/mol. The van der Waals surface area contributed by atoms with Gasteiger partial charge in [-0.15, -0.1) is 0 Å². The number of imidazole rings is 1. The Bertz CT molecular complexity index is 806. The topological polar surface area (TPSA) is 96.7 Å². The van der Waals surface area contributed by atoms with E-state index in [1.807, 2.05) is 0 Å². The van der Waals surface area contributed by atoms with Crippen LogP contribution in [0.2, 0.25) is 0 Å². The van der Waals surface area contributed by atoms with E-state index in [0.717, 1.165) is 17.7 Å². The van der Waals surface area contributed by atoms with Crippen molar-refractivity contribution in [3.63, 3.8) is 0 Å². The number of nitrogens with zero attached hydrogens (tertiary/aromatic N) is 3. The van der Waals surface area contributed by atoms with Crippen LogP contribution in [-0.2, 0) is 14.1 Å². The van der Waals surface area contributed by atoms with Gasteiger partial charge in [0.2, 0.25) is 5.95 Å². The van der Waals surface area contributed by atoms with E-state index in [-0.39, 0.29) is 11.2 Å². The van der Waals surface area contributed by atoms with Crippen LogP contribution in [0.3, 0.4) is 0 Å². The molecule has 0 amide bonds. The molecule has 0 bridgehead atoms. The number of hydrogen-bond donors (Lipinski definition) is 3. The number of fused-ring (bicyclic) bond motifs is 2. The lowest BCUT2D eigenvalue weighted by Crippen LogP contribution is -2.36.